The third-order valence-corrected chi connectivity index (χ3v) is 4.44. The monoisotopic (exact) mass is 259 g/mol. The molecule has 3 heteroatoms. The molecule has 1 aliphatic carbocycles. The third-order valence-electron chi connectivity index (χ3n) is 4.44. The SMILES string of the molecule is CC[C@@H]1COC2(CCCC2)N1C(=O)c1ccccc1. The van der Waals surface area contributed by atoms with Gasteiger partial charge in [0.2, 0.25) is 0 Å². The average molecular weight is 259 g/mol. The van der Waals surface area contributed by atoms with E-state index in [0.717, 1.165) is 37.7 Å². The summed E-state index contributed by atoms with van der Waals surface area (Å²) < 4.78 is 6.07. The second-order valence-electron chi connectivity index (χ2n) is 5.57. The lowest BCUT2D eigenvalue weighted by Crippen LogP contribution is -2.49. The van der Waals surface area contributed by atoms with Crippen molar-refractivity contribution in [3.8, 4) is 0 Å². The summed E-state index contributed by atoms with van der Waals surface area (Å²) in [7, 11) is 0. The molecule has 0 unspecified atom stereocenters. The molecule has 3 rings (SSSR count). The van der Waals surface area contributed by atoms with E-state index in [1.807, 2.05) is 35.2 Å². The van der Waals surface area contributed by atoms with Crippen LogP contribution < -0.4 is 0 Å². The molecular formula is C16H21NO2. The smallest absolute Gasteiger partial charge is 0.256 e. The van der Waals surface area contributed by atoms with Gasteiger partial charge in [-0.05, 0) is 44.2 Å². The molecule has 1 aliphatic heterocycles. The van der Waals surface area contributed by atoms with Crippen LogP contribution in [0.2, 0.25) is 0 Å². The van der Waals surface area contributed by atoms with Crippen LogP contribution in [0.3, 0.4) is 0 Å². The largest absolute Gasteiger partial charge is 0.353 e. The van der Waals surface area contributed by atoms with E-state index in [4.69, 9.17) is 4.74 Å². The van der Waals surface area contributed by atoms with Gasteiger partial charge in [0.05, 0.1) is 12.6 Å². The highest BCUT2D eigenvalue weighted by Gasteiger charge is 2.50. The minimum Gasteiger partial charge on any atom is -0.353 e. The zero-order valence-corrected chi connectivity index (χ0v) is 11.5. The zero-order chi connectivity index (χ0) is 13.3. The summed E-state index contributed by atoms with van der Waals surface area (Å²) in [6.07, 6.45) is 5.26. The Labute approximate surface area is 114 Å². The maximum absolute atomic E-state index is 12.8. The number of rotatable bonds is 2. The van der Waals surface area contributed by atoms with E-state index in [1.54, 1.807) is 0 Å². The van der Waals surface area contributed by atoms with Crippen LogP contribution in [0.1, 0.15) is 49.4 Å². The maximum atomic E-state index is 12.8. The van der Waals surface area contributed by atoms with Gasteiger partial charge in [-0.15, -0.1) is 0 Å². The summed E-state index contributed by atoms with van der Waals surface area (Å²) in [6, 6.07) is 9.82. The van der Waals surface area contributed by atoms with E-state index in [0.29, 0.717) is 6.61 Å². The molecule has 1 spiro atoms. The van der Waals surface area contributed by atoms with Gasteiger partial charge in [-0.25, -0.2) is 0 Å². The highest BCUT2D eigenvalue weighted by molar-refractivity contribution is 5.95. The van der Waals surface area contributed by atoms with Crippen molar-refractivity contribution in [2.45, 2.75) is 50.8 Å². The number of hydrogen-bond donors (Lipinski definition) is 0. The van der Waals surface area contributed by atoms with Crippen LogP contribution in [-0.2, 0) is 4.74 Å². The summed E-state index contributed by atoms with van der Waals surface area (Å²) in [6.45, 7) is 2.82. The number of benzene rings is 1. The number of carbonyl (C=O) groups excluding carboxylic acids is 1. The molecule has 0 radical (unpaired) electrons. The first kappa shape index (κ1) is 12.7. The number of carbonyl (C=O) groups is 1. The minimum absolute atomic E-state index is 0.131. The second kappa shape index (κ2) is 4.97. The van der Waals surface area contributed by atoms with Gasteiger partial charge in [0, 0.05) is 5.56 Å². The fraction of sp³-hybridized carbons (Fsp3) is 0.562. The van der Waals surface area contributed by atoms with E-state index < -0.39 is 0 Å². The average Bonchev–Trinajstić information content (AvgIpc) is 3.07. The van der Waals surface area contributed by atoms with Crippen LogP contribution in [0.15, 0.2) is 30.3 Å². The fourth-order valence-electron chi connectivity index (χ4n) is 3.41. The van der Waals surface area contributed by atoms with Crippen LogP contribution in [0, 0.1) is 0 Å². The Hall–Kier alpha value is -1.35. The summed E-state index contributed by atoms with van der Waals surface area (Å²) in [5, 5.41) is 0. The third kappa shape index (κ3) is 2.06. The number of hydrogen-bond acceptors (Lipinski definition) is 2. The van der Waals surface area contributed by atoms with Gasteiger partial charge in [-0.2, -0.15) is 0 Å². The summed E-state index contributed by atoms with van der Waals surface area (Å²) in [5.74, 6) is 0.131. The van der Waals surface area contributed by atoms with Crippen molar-refractivity contribution < 1.29 is 9.53 Å². The molecule has 0 N–H and O–H groups in total. The molecule has 0 bridgehead atoms. The summed E-state index contributed by atoms with van der Waals surface area (Å²) in [4.78, 5) is 14.9. The van der Waals surface area contributed by atoms with Gasteiger partial charge >= 0.3 is 0 Å². The Morgan fingerprint density at radius 1 is 1.32 bits per heavy atom. The first-order valence-corrected chi connectivity index (χ1v) is 7.29. The first-order valence-electron chi connectivity index (χ1n) is 7.29. The van der Waals surface area contributed by atoms with Gasteiger partial charge < -0.3 is 9.64 Å². The van der Waals surface area contributed by atoms with Crippen molar-refractivity contribution in [2.75, 3.05) is 6.61 Å². The molecule has 1 amide bonds. The predicted molar refractivity (Wildman–Crippen MR) is 73.8 cm³/mol. The molecule has 1 atom stereocenters. The lowest BCUT2D eigenvalue weighted by Gasteiger charge is -2.36. The maximum Gasteiger partial charge on any atom is 0.256 e. The van der Waals surface area contributed by atoms with Crippen molar-refractivity contribution in [3.05, 3.63) is 35.9 Å². The Morgan fingerprint density at radius 3 is 2.63 bits per heavy atom. The van der Waals surface area contributed by atoms with Crippen LogP contribution in [0.25, 0.3) is 0 Å². The topological polar surface area (TPSA) is 29.5 Å². The quantitative estimate of drug-likeness (QED) is 0.816. The molecule has 102 valence electrons. The lowest BCUT2D eigenvalue weighted by molar-refractivity contribution is -0.0642. The van der Waals surface area contributed by atoms with Gasteiger partial charge in [-0.3, -0.25) is 4.79 Å². The summed E-state index contributed by atoms with van der Waals surface area (Å²) in [5.41, 5.74) is 0.464. The van der Waals surface area contributed by atoms with Gasteiger partial charge in [0.15, 0.2) is 0 Å². The molecular weight excluding hydrogens is 238 g/mol. The number of nitrogens with zero attached hydrogens (tertiary/aromatic N) is 1. The molecule has 1 aromatic rings. The molecule has 2 fully saturated rings. The Morgan fingerprint density at radius 2 is 2.00 bits per heavy atom. The van der Waals surface area contributed by atoms with Gasteiger partial charge in [0.25, 0.3) is 5.91 Å². The second-order valence-corrected chi connectivity index (χ2v) is 5.57. The Kier molecular flexibility index (Phi) is 3.31. The van der Waals surface area contributed by atoms with Crippen LogP contribution in [-0.4, -0.2) is 29.2 Å². The van der Waals surface area contributed by atoms with Crippen LogP contribution >= 0.6 is 0 Å². The van der Waals surface area contributed by atoms with Crippen molar-refractivity contribution in [1.82, 2.24) is 4.90 Å². The number of ether oxygens (including phenoxy) is 1. The minimum atomic E-state index is -0.312. The molecule has 1 heterocycles. The lowest BCUT2D eigenvalue weighted by atomic mass is 10.1. The zero-order valence-electron chi connectivity index (χ0n) is 11.5. The van der Waals surface area contributed by atoms with E-state index in [-0.39, 0.29) is 17.7 Å². The van der Waals surface area contributed by atoms with E-state index in [9.17, 15) is 4.79 Å². The first-order chi connectivity index (χ1) is 9.27. The highest BCUT2D eigenvalue weighted by Crippen LogP contribution is 2.43. The molecule has 1 saturated carbocycles. The van der Waals surface area contributed by atoms with E-state index in [1.165, 1.54) is 0 Å². The predicted octanol–water partition coefficient (Wildman–Crippen LogP) is 3.21. The Balaban J connectivity index is 1.92. The van der Waals surface area contributed by atoms with Crippen molar-refractivity contribution in [2.24, 2.45) is 0 Å². The molecule has 2 aliphatic rings. The molecule has 0 aromatic heterocycles. The van der Waals surface area contributed by atoms with Gasteiger partial charge in [-0.1, -0.05) is 25.1 Å². The molecule has 1 aromatic carbocycles. The Bertz CT molecular complexity index is 451. The van der Waals surface area contributed by atoms with Gasteiger partial charge in [0.1, 0.15) is 5.72 Å². The van der Waals surface area contributed by atoms with Crippen LogP contribution in [0.4, 0.5) is 0 Å². The highest BCUT2D eigenvalue weighted by atomic mass is 16.5. The molecule has 3 nitrogen and oxygen atoms in total. The summed E-state index contributed by atoms with van der Waals surface area (Å²) >= 11 is 0. The molecule has 1 saturated heterocycles. The van der Waals surface area contributed by atoms with Crippen LogP contribution in [0.5, 0.6) is 0 Å². The standard InChI is InChI=1S/C16H21NO2/c1-2-14-12-19-16(10-6-7-11-16)17(14)15(18)13-8-4-3-5-9-13/h3-5,8-9,14H,2,6-7,10-12H2,1H3/t14-/m1/s1. The fourth-order valence-corrected chi connectivity index (χ4v) is 3.41. The normalized spacial score (nSPS) is 25.1. The molecule has 19 heavy (non-hydrogen) atoms. The van der Waals surface area contributed by atoms with Crippen molar-refractivity contribution >= 4 is 5.91 Å². The van der Waals surface area contributed by atoms with E-state index in [2.05, 4.69) is 6.92 Å². The van der Waals surface area contributed by atoms with E-state index >= 15 is 0 Å². The van der Waals surface area contributed by atoms with Crippen molar-refractivity contribution in [1.29, 1.82) is 0 Å². The van der Waals surface area contributed by atoms with Crippen molar-refractivity contribution in [3.63, 3.8) is 0 Å². The number of amides is 1.